The Morgan fingerprint density at radius 3 is 2.57 bits per heavy atom. The third kappa shape index (κ3) is 1.86. The van der Waals surface area contributed by atoms with E-state index in [4.69, 9.17) is 0 Å². The Morgan fingerprint density at radius 2 is 1.93 bits per heavy atom. The number of hydrogen-bond acceptors (Lipinski definition) is 2. The zero-order chi connectivity index (χ0) is 10.6. The summed E-state index contributed by atoms with van der Waals surface area (Å²) in [5.74, 6) is -0.314. The number of halogens is 2. The van der Waals surface area contributed by atoms with Crippen molar-refractivity contribution in [2.45, 2.75) is 20.3 Å². The van der Waals surface area contributed by atoms with Gasteiger partial charge in [0.1, 0.15) is 0 Å². The van der Waals surface area contributed by atoms with Crippen LogP contribution in [0.4, 0.5) is 8.78 Å². The molecule has 0 aromatic carbocycles. The van der Waals surface area contributed by atoms with Gasteiger partial charge >= 0.3 is 0 Å². The summed E-state index contributed by atoms with van der Waals surface area (Å²) in [4.78, 5) is 0. The number of aromatic nitrogens is 3. The van der Waals surface area contributed by atoms with Gasteiger partial charge in [0.05, 0.1) is 0 Å². The largest absolute Gasteiger partial charge is 0.297 e. The predicted molar refractivity (Wildman–Crippen MR) is 49.3 cm³/mol. The van der Waals surface area contributed by atoms with Gasteiger partial charge in [-0.15, -0.1) is 10.2 Å². The van der Waals surface area contributed by atoms with Crippen LogP contribution in [0.5, 0.6) is 0 Å². The quantitative estimate of drug-likeness (QED) is 0.706. The van der Waals surface area contributed by atoms with Gasteiger partial charge in [0.25, 0.3) is 6.43 Å². The zero-order valence-corrected chi connectivity index (χ0v) is 7.98. The van der Waals surface area contributed by atoms with Crippen LogP contribution < -0.4 is 0 Å². The number of pyridine rings is 1. The molecular weight excluding hydrogens is 188 g/mol. The van der Waals surface area contributed by atoms with Crippen molar-refractivity contribution in [2.24, 2.45) is 0 Å². The van der Waals surface area contributed by atoms with Crippen LogP contribution in [0, 0.1) is 0 Å². The van der Waals surface area contributed by atoms with Crippen molar-refractivity contribution in [1.82, 2.24) is 14.6 Å². The molecule has 2 rings (SSSR count). The summed E-state index contributed by atoms with van der Waals surface area (Å²) in [6.45, 7) is 4.00. The van der Waals surface area contributed by atoms with Gasteiger partial charge < -0.3 is 0 Å². The average Bonchev–Trinajstić information content (AvgIpc) is 2.64. The number of nitrogens with zero attached hydrogens (tertiary/aromatic N) is 3. The van der Waals surface area contributed by atoms with Crippen LogP contribution in [0.15, 0.2) is 24.4 Å². The minimum Gasteiger partial charge on any atom is -0.282 e. The van der Waals surface area contributed by atoms with Crippen molar-refractivity contribution >= 4 is 5.65 Å². The number of fused-ring (bicyclic) bond motifs is 1. The molecule has 0 amide bonds. The first-order valence-corrected chi connectivity index (χ1v) is 4.37. The van der Waals surface area contributed by atoms with Gasteiger partial charge in [0.2, 0.25) is 5.82 Å². The summed E-state index contributed by atoms with van der Waals surface area (Å²) in [6.07, 6.45) is -1.07. The molecule has 0 fully saturated rings. The molecule has 0 bridgehead atoms. The lowest BCUT2D eigenvalue weighted by molar-refractivity contribution is 0.139. The lowest BCUT2D eigenvalue weighted by Gasteiger charge is -1.95. The monoisotopic (exact) mass is 199 g/mol. The normalized spacial score (nSPS) is 10.1. The van der Waals surface area contributed by atoms with Crippen molar-refractivity contribution in [3.05, 3.63) is 30.2 Å². The van der Waals surface area contributed by atoms with Crippen LogP contribution in [-0.4, -0.2) is 14.6 Å². The van der Waals surface area contributed by atoms with Crippen molar-refractivity contribution in [3.63, 3.8) is 0 Å². The van der Waals surface area contributed by atoms with Crippen LogP contribution in [0.3, 0.4) is 0 Å². The summed E-state index contributed by atoms with van der Waals surface area (Å²) < 4.78 is 25.7. The third-order valence-electron chi connectivity index (χ3n) is 1.54. The van der Waals surface area contributed by atoms with Crippen LogP contribution in [0.1, 0.15) is 26.1 Å². The van der Waals surface area contributed by atoms with Crippen molar-refractivity contribution in [3.8, 4) is 0 Å². The lowest BCUT2D eigenvalue weighted by Crippen LogP contribution is -1.93. The first-order chi connectivity index (χ1) is 6.79. The summed E-state index contributed by atoms with van der Waals surface area (Å²) in [5.41, 5.74) is 0.438. The molecule has 0 saturated heterocycles. The average molecular weight is 199 g/mol. The second kappa shape index (κ2) is 4.64. The molecule has 0 aliphatic carbocycles. The van der Waals surface area contributed by atoms with E-state index in [0.717, 1.165) is 0 Å². The third-order valence-corrected chi connectivity index (χ3v) is 1.54. The predicted octanol–water partition coefficient (Wildman–Crippen LogP) is 2.69. The molecule has 0 aliphatic heterocycles. The van der Waals surface area contributed by atoms with E-state index in [0.29, 0.717) is 5.65 Å². The molecular formula is C9H11F2N3. The van der Waals surface area contributed by atoms with E-state index in [2.05, 4.69) is 10.2 Å². The second-order valence-corrected chi connectivity index (χ2v) is 2.29. The molecule has 76 valence electrons. The van der Waals surface area contributed by atoms with Crippen LogP contribution in [-0.2, 0) is 0 Å². The van der Waals surface area contributed by atoms with Crippen LogP contribution in [0.25, 0.3) is 5.65 Å². The first-order valence-electron chi connectivity index (χ1n) is 4.37. The fourth-order valence-corrected chi connectivity index (χ4v) is 1.01. The van der Waals surface area contributed by atoms with Crippen molar-refractivity contribution in [1.29, 1.82) is 0 Å². The van der Waals surface area contributed by atoms with Gasteiger partial charge in [0, 0.05) is 6.20 Å². The SMILES string of the molecule is CC.FC(F)c1nnc2ccccn12. The molecule has 0 radical (unpaired) electrons. The number of hydrogen-bond donors (Lipinski definition) is 0. The summed E-state index contributed by atoms with van der Waals surface area (Å²) in [6, 6.07) is 5.00. The van der Waals surface area contributed by atoms with Crippen LogP contribution >= 0.6 is 0 Å². The van der Waals surface area contributed by atoms with E-state index in [1.165, 1.54) is 10.6 Å². The molecule has 2 aromatic rings. The van der Waals surface area contributed by atoms with Gasteiger partial charge in [-0.25, -0.2) is 8.78 Å². The van der Waals surface area contributed by atoms with E-state index in [9.17, 15) is 8.78 Å². The molecule has 0 atom stereocenters. The maximum Gasteiger partial charge on any atom is 0.297 e. The van der Waals surface area contributed by atoms with Crippen LogP contribution in [0.2, 0.25) is 0 Å². The highest BCUT2D eigenvalue weighted by Crippen LogP contribution is 2.16. The van der Waals surface area contributed by atoms with Gasteiger partial charge in [-0.05, 0) is 12.1 Å². The standard InChI is InChI=1S/C7H5F2N3.C2H6/c8-6(9)7-11-10-5-3-1-2-4-12(5)7;1-2/h1-4,6H;1-2H3. The van der Waals surface area contributed by atoms with E-state index >= 15 is 0 Å². The maximum atomic E-state index is 12.2. The molecule has 2 heterocycles. The molecule has 0 saturated carbocycles. The lowest BCUT2D eigenvalue weighted by atomic mass is 10.5. The first kappa shape index (κ1) is 10.6. The molecule has 0 N–H and O–H groups in total. The molecule has 0 aliphatic rings. The van der Waals surface area contributed by atoms with Crippen molar-refractivity contribution < 1.29 is 8.78 Å². The smallest absolute Gasteiger partial charge is 0.282 e. The van der Waals surface area contributed by atoms with Gasteiger partial charge in [0.15, 0.2) is 5.65 Å². The van der Waals surface area contributed by atoms with E-state index in [1.54, 1.807) is 18.2 Å². The van der Waals surface area contributed by atoms with E-state index < -0.39 is 6.43 Å². The summed E-state index contributed by atoms with van der Waals surface area (Å²) in [5, 5.41) is 6.93. The van der Waals surface area contributed by atoms with E-state index in [-0.39, 0.29) is 5.82 Å². The fraction of sp³-hybridized carbons (Fsp3) is 0.333. The molecule has 5 heteroatoms. The zero-order valence-electron chi connectivity index (χ0n) is 7.98. The Morgan fingerprint density at radius 1 is 1.21 bits per heavy atom. The second-order valence-electron chi connectivity index (χ2n) is 2.29. The Balaban J connectivity index is 0.000000461. The maximum absolute atomic E-state index is 12.2. The molecule has 0 unspecified atom stereocenters. The van der Waals surface area contributed by atoms with Gasteiger partial charge in [-0.3, -0.25) is 4.40 Å². The number of alkyl halides is 2. The molecule has 3 nitrogen and oxygen atoms in total. The molecule has 0 spiro atoms. The summed E-state index contributed by atoms with van der Waals surface area (Å²) in [7, 11) is 0. The number of rotatable bonds is 1. The minimum absolute atomic E-state index is 0.314. The highest BCUT2D eigenvalue weighted by Gasteiger charge is 2.14. The Labute approximate surface area is 80.4 Å². The highest BCUT2D eigenvalue weighted by atomic mass is 19.3. The van der Waals surface area contributed by atoms with E-state index in [1.807, 2.05) is 13.8 Å². The van der Waals surface area contributed by atoms with Crippen molar-refractivity contribution in [2.75, 3.05) is 0 Å². The Kier molecular flexibility index (Phi) is 3.50. The minimum atomic E-state index is -2.58. The molecule has 2 aromatic heterocycles. The molecule has 14 heavy (non-hydrogen) atoms. The fourth-order valence-electron chi connectivity index (χ4n) is 1.01. The highest BCUT2D eigenvalue weighted by molar-refractivity contribution is 5.37. The Bertz CT molecular complexity index is 398. The Hall–Kier alpha value is -1.52. The topological polar surface area (TPSA) is 30.2 Å². The van der Waals surface area contributed by atoms with Gasteiger partial charge in [-0.1, -0.05) is 19.9 Å². The summed E-state index contributed by atoms with van der Waals surface area (Å²) >= 11 is 0. The van der Waals surface area contributed by atoms with Gasteiger partial charge in [-0.2, -0.15) is 0 Å².